The van der Waals surface area contributed by atoms with Gasteiger partial charge < -0.3 is 59.8 Å². The van der Waals surface area contributed by atoms with Crippen molar-refractivity contribution in [3.8, 4) is 0 Å². The van der Waals surface area contributed by atoms with E-state index in [9.17, 15) is 35.4 Å². The minimum atomic E-state index is -2.22. The van der Waals surface area contributed by atoms with Crippen LogP contribution in [0.25, 0.3) is 0 Å². The molecular formula is C18H34O13. The molecule has 0 aromatic rings. The van der Waals surface area contributed by atoms with Crippen LogP contribution in [-0.2, 0) is 23.7 Å². The SMILES string of the molecule is CC(=O)OCC(C)C.OC[C@H]1O[C@@](CO)(O[C@H]2O[C@H](CO)[C@@H](O)[C@H](O)[C@H]2O)[C@@H](O)[C@@H]1O. The van der Waals surface area contributed by atoms with E-state index in [0.717, 1.165) is 0 Å². The first kappa shape index (κ1) is 28.1. The van der Waals surface area contributed by atoms with Gasteiger partial charge in [0.2, 0.25) is 5.79 Å². The highest BCUT2D eigenvalue weighted by Gasteiger charge is 2.58. The van der Waals surface area contributed by atoms with Gasteiger partial charge in [0.05, 0.1) is 19.8 Å². The zero-order valence-corrected chi connectivity index (χ0v) is 17.6. The lowest BCUT2D eigenvalue weighted by molar-refractivity contribution is -0.383. The molecule has 2 fully saturated rings. The predicted molar refractivity (Wildman–Crippen MR) is 100 cm³/mol. The Kier molecular flexibility index (Phi) is 11.2. The molecule has 2 aliphatic rings. The molecule has 0 aromatic carbocycles. The predicted octanol–water partition coefficient (Wildman–Crippen LogP) is -4.19. The lowest BCUT2D eigenvalue weighted by Gasteiger charge is -2.43. The van der Waals surface area contributed by atoms with E-state index < -0.39 is 74.6 Å². The first-order chi connectivity index (χ1) is 14.4. The summed E-state index contributed by atoms with van der Waals surface area (Å²) in [6.07, 6.45) is -12.7. The molecule has 0 saturated carbocycles. The Balaban J connectivity index is 0.000000512. The summed E-state index contributed by atoms with van der Waals surface area (Å²) >= 11 is 0. The van der Waals surface area contributed by atoms with Gasteiger partial charge in [0.25, 0.3) is 0 Å². The molecule has 0 spiro atoms. The van der Waals surface area contributed by atoms with Crippen LogP contribution in [-0.4, -0.2) is 128 Å². The Labute approximate surface area is 179 Å². The van der Waals surface area contributed by atoms with Crippen LogP contribution < -0.4 is 0 Å². The Morgan fingerprint density at radius 2 is 1.52 bits per heavy atom. The highest BCUT2D eigenvalue weighted by atomic mass is 16.8. The lowest BCUT2D eigenvalue weighted by atomic mass is 9.99. The summed E-state index contributed by atoms with van der Waals surface area (Å²) in [5.41, 5.74) is 0. The summed E-state index contributed by atoms with van der Waals surface area (Å²) in [5, 5.41) is 76.7. The van der Waals surface area contributed by atoms with Gasteiger partial charge in [-0.05, 0) is 5.92 Å². The van der Waals surface area contributed by atoms with Crippen LogP contribution in [0, 0.1) is 5.92 Å². The van der Waals surface area contributed by atoms with Crippen molar-refractivity contribution in [2.75, 3.05) is 26.4 Å². The van der Waals surface area contributed by atoms with Gasteiger partial charge in [-0.25, -0.2) is 0 Å². The van der Waals surface area contributed by atoms with Crippen molar-refractivity contribution < 1.29 is 64.6 Å². The first-order valence-corrected chi connectivity index (χ1v) is 9.81. The molecule has 13 nitrogen and oxygen atoms in total. The average Bonchev–Trinajstić information content (AvgIpc) is 2.98. The van der Waals surface area contributed by atoms with Crippen molar-refractivity contribution in [1.82, 2.24) is 0 Å². The van der Waals surface area contributed by atoms with Gasteiger partial charge in [0.1, 0.15) is 49.3 Å². The molecule has 2 heterocycles. The van der Waals surface area contributed by atoms with E-state index in [1.54, 1.807) is 0 Å². The minimum absolute atomic E-state index is 0.196. The molecule has 0 aromatic heterocycles. The fourth-order valence-corrected chi connectivity index (χ4v) is 2.92. The summed E-state index contributed by atoms with van der Waals surface area (Å²) in [5.74, 6) is -1.97. The van der Waals surface area contributed by atoms with Gasteiger partial charge >= 0.3 is 5.97 Å². The van der Waals surface area contributed by atoms with E-state index in [4.69, 9.17) is 24.4 Å². The third-order valence-electron chi connectivity index (χ3n) is 4.69. The molecule has 2 saturated heterocycles. The molecule has 0 amide bonds. The number of hydrogen-bond acceptors (Lipinski definition) is 13. The largest absolute Gasteiger partial charge is 0.466 e. The highest BCUT2D eigenvalue weighted by Crippen LogP contribution is 2.35. The summed E-state index contributed by atoms with van der Waals surface area (Å²) < 4.78 is 20.1. The van der Waals surface area contributed by atoms with Crippen molar-refractivity contribution in [2.45, 2.75) is 75.6 Å². The van der Waals surface area contributed by atoms with E-state index >= 15 is 0 Å². The van der Waals surface area contributed by atoms with Crippen molar-refractivity contribution in [3.63, 3.8) is 0 Å². The molecular weight excluding hydrogens is 424 g/mol. The molecule has 0 bridgehead atoms. The Morgan fingerprint density at radius 3 is 1.90 bits per heavy atom. The van der Waals surface area contributed by atoms with Crippen LogP contribution in [0.15, 0.2) is 0 Å². The second-order valence-electron chi connectivity index (χ2n) is 7.76. The highest BCUT2D eigenvalue weighted by molar-refractivity contribution is 5.65. The number of ether oxygens (including phenoxy) is 4. The maximum absolute atomic E-state index is 10.1. The number of rotatable bonds is 7. The van der Waals surface area contributed by atoms with E-state index in [0.29, 0.717) is 12.5 Å². The zero-order chi connectivity index (χ0) is 23.9. The standard InChI is InChI=1S/C12H22O11.C6H12O2/c13-1-4-6(16)8(18)9(19)11(21-4)23-12(3-15)10(20)7(17)5(2-14)22-12;1-5(2)4-8-6(3)7/h4-11,13-20H,1-3H2;5H,4H2,1-3H3/t4-,5-,6-,7-,8+,9-,10+,11-,12+;/m1./s1. The molecule has 2 aliphatic heterocycles. The number of aliphatic hydroxyl groups is 8. The van der Waals surface area contributed by atoms with E-state index in [-0.39, 0.29) is 5.97 Å². The topological polar surface area (TPSA) is 216 Å². The number of carbonyl (C=O) groups is 1. The van der Waals surface area contributed by atoms with E-state index in [1.807, 2.05) is 13.8 Å². The molecule has 13 heteroatoms. The number of hydrogen-bond donors (Lipinski definition) is 8. The molecule has 8 N–H and O–H groups in total. The summed E-state index contributed by atoms with van der Waals surface area (Å²) in [6.45, 7) is 3.64. The maximum Gasteiger partial charge on any atom is 0.302 e. The van der Waals surface area contributed by atoms with Gasteiger partial charge in [-0.15, -0.1) is 0 Å². The summed E-state index contributed by atoms with van der Waals surface area (Å²) in [4.78, 5) is 10.1. The second kappa shape index (κ2) is 12.3. The second-order valence-corrected chi connectivity index (χ2v) is 7.76. The molecule has 0 radical (unpaired) electrons. The third kappa shape index (κ3) is 7.00. The van der Waals surface area contributed by atoms with Crippen LogP contribution in [0.4, 0.5) is 0 Å². The van der Waals surface area contributed by atoms with Gasteiger partial charge in [-0.2, -0.15) is 0 Å². The Hall–Kier alpha value is -0.970. The quantitative estimate of drug-likeness (QED) is 0.170. The average molecular weight is 458 g/mol. The van der Waals surface area contributed by atoms with Crippen molar-refractivity contribution in [1.29, 1.82) is 0 Å². The molecule has 184 valence electrons. The monoisotopic (exact) mass is 458 g/mol. The number of carbonyl (C=O) groups excluding carboxylic acids is 1. The van der Waals surface area contributed by atoms with Gasteiger partial charge in [-0.3, -0.25) is 4.79 Å². The molecule has 31 heavy (non-hydrogen) atoms. The van der Waals surface area contributed by atoms with Crippen LogP contribution in [0.3, 0.4) is 0 Å². The van der Waals surface area contributed by atoms with Crippen LogP contribution in [0.5, 0.6) is 0 Å². The summed E-state index contributed by atoms with van der Waals surface area (Å²) in [6, 6.07) is 0. The van der Waals surface area contributed by atoms with Crippen LogP contribution >= 0.6 is 0 Å². The Bertz CT molecular complexity index is 545. The Morgan fingerprint density at radius 1 is 0.935 bits per heavy atom. The fraction of sp³-hybridized carbons (Fsp3) is 0.944. The number of esters is 1. The summed E-state index contributed by atoms with van der Waals surface area (Å²) in [7, 11) is 0. The normalized spacial score (nSPS) is 40.4. The van der Waals surface area contributed by atoms with E-state index in [2.05, 4.69) is 4.74 Å². The zero-order valence-electron chi connectivity index (χ0n) is 17.6. The van der Waals surface area contributed by atoms with Crippen molar-refractivity contribution in [2.24, 2.45) is 5.92 Å². The maximum atomic E-state index is 10.1. The minimum Gasteiger partial charge on any atom is -0.466 e. The van der Waals surface area contributed by atoms with Gasteiger partial charge in [-0.1, -0.05) is 13.8 Å². The molecule has 2 rings (SSSR count). The third-order valence-corrected chi connectivity index (χ3v) is 4.69. The first-order valence-electron chi connectivity index (χ1n) is 9.81. The van der Waals surface area contributed by atoms with Gasteiger partial charge in [0, 0.05) is 6.92 Å². The molecule has 0 aliphatic carbocycles. The molecule has 9 atom stereocenters. The van der Waals surface area contributed by atoms with Crippen molar-refractivity contribution in [3.05, 3.63) is 0 Å². The lowest BCUT2D eigenvalue weighted by Crippen LogP contribution is -2.62. The van der Waals surface area contributed by atoms with Gasteiger partial charge in [0.15, 0.2) is 6.29 Å². The fourth-order valence-electron chi connectivity index (χ4n) is 2.92. The van der Waals surface area contributed by atoms with Crippen LogP contribution in [0.2, 0.25) is 0 Å². The van der Waals surface area contributed by atoms with Crippen LogP contribution in [0.1, 0.15) is 20.8 Å². The smallest absolute Gasteiger partial charge is 0.302 e. The number of aliphatic hydroxyl groups excluding tert-OH is 8. The molecule has 0 unspecified atom stereocenters. The van der Waals surface area contributed by atoms with E-state index in [1.165, 1.54) is 6.92 Å². The van der Waals surface area contributed by atoms with Crippen molar-refractivity contribution >= 4 is 5.97 Å².